The molecule has 2 N–H and O–H groups in total. The number of halogens is 4. The van der Waals surface area contributed by atoms with E-state index in [0.717, 1.165) is 0 Å². The predicted molar refractivity (Wildman–Crippen MR) is 69.0 cm³/mol. The number of carboxylic acids is 2. The number of allylic oxidation sites excluding steroid dienone is 1. The van der Waals surface area contributed by atoms with E-state index in [9.17, 15) is 22.8 Å². The van der Waals surface area contributed by atoms with Crippen LogP contribution in [0, 0.1) is 0 Å². The summed E-state index contributed by atoms with van der Waals surface area (Å²) >= 11 is 0. The highest BCUT2D eigenvalue weighted by Crippen LogP contribution is 2.53. The average Bonchev–Trinajstić information content (AvgIpc) is 2.42. The second-order valence-electron chi connectivity index (χ2n) is 5.05. The maximum absolute atomic E-state index is 15.2. The zero-order valence-corrected chi connectivity index (χ0v) is 12.1. The monoisotopic (exact) mass is 324 g/mol. The van der Waals surface area contributed by atoms with Crippen LogP contribution in [0.4, 0.5) is 17.6 Å². The number of alkyl halides is 2. The Hall–Kier alpha value is -1.86. The summed E-state index contributed by atoms with van der Waals surface area (Å²) in [5.74, 6) is -9.23. The highest BCUT2D eigenvalue weighted by molar-refractivity contribution is 5.96. The van der Waals surface area contributed by atoms with Gasteiger partial charge in [0.1, 0.15) is 5.57 Å². The summed E-state index contributed by atoms with van der Waals surface area (Å²) in [7, 11) is 0. The zero-order valence-electron chi connectivity index (χ0n) is 12.1. The van der Waals surface area contributed by atoms with Crippen molar-refractivity contribution < 1.29 is 37.4 Å². The molecule has 0 amide bonds. The van der Waals surface area contributed by atoms with Crippen LogP contribution in [0.3, 0.4) is 0 Å². The summed E-state index contributed by atoms with van der Waals surface area (Å²) in [5, 5.41) is 17.9. The maximum Gasteiger partial charge on any atom is 0.352 e. The molecule has 22 heavy (non-hydrogen) atoms. The molecule has 8 heteroatoms. The van der Waals surface area contributed by atoms with Gasteiger partial charge in [0.15, 0.2) is 17.3 Å². The van der Waals surface area contributed by atoms with Gasteiger partial charge in [-0.1, -0.05) is 26.7 Å². The van der Waals surface area contributed by atoms with Gasteiger partial charge in [-0.15, -0.1) is 0 Å². The van der Waals surface area contributed by atoms with Crippen LogP contribution in [0.25, 0.3) is 0 Å². The molecule has 0 aliphatic heterocycles. The molecule has 4 nitrogen and oxygen atoms in total. The molecule has 0 heterocycles. The van der Waals surface area contributed by atoms with Gasteiger partial charge in [-0.05, 0) is 18.4 Å². The molecule has 0 aromatic heterocycles. The Kier molecular flexibility index (Phi) is 5.04. The lowest BCUT2D eigenvalue weighted by Gasteiger charge is -2.40. The van der Waals surface area contributed by atoms with Crippen LogP contribution in [-0.4, -0.2) is 33.5 Å². The van der Waals surface area contributed by atoms with Crippen LogP contribution in [0.1, 0.15) is 39.5 Å². The third-order valence-electron chi connectivity index (χ3n) is 3.64. The van der Waals surface area contributed by atoms with Gasteiger partial charge in [0.25, 0.3) is 5.67 Å². The lowest BCUT2D eigenvalue weighted by atomic mass is 9.69. The number of rotatable bonds is 6. The maximum atomic E-state index is 15.2. The average molecular weight is 324 g/mol. The largest absolute Gasteiger partial charge is 0.478 e. The molecule has 1 aliphatic rings. The van der Waals surface area contributed by atoms with Crippen molar-refractivity contribution in [3.05, 3.63) is 22.8 Å². The van der Waals surface area contributed by atoms with Crippen LogP contribution in [0.15, 0.2) is 22.8 Å². The fourth-order valence-electron chi connectivity index (χ4n) is 2.70. The Morgan fingerprint density at radius 3 is 2.00 bits per heavy atom. The smallest absolute Gasteiger partial charge is 0.352 e. The molecule has 0 fully saturated rings. The Labute approximate surface area is 124 Å². The van der Waals surface area contributed by atoms with Crippen molar-refractivity contribution in [3.8, 4) is 0 Å². The Morgan fingerprint density at radius 2 is 1.64 bits per heavy atom. The number of carbonyl (C=O) groups is 2. The first kappa shape index (κ1) is 18.2. The van der Waals surface area contributed by atoms with E-state index in [-0.39, 0.29) is 12.8 Å². The molecule has 2 unspecified atom stereocenters. The van der Waals surface area contributed by atoms with Gasteiger partial charge in [-0.25, -0.2) is 27.2 Å². The molecular formula is C14H16F4O4. The van der Waals surface area contributed by atoms with Gasteiger partial charge in [-0.3, -0.25) is 0 Å². The Balaban J connectivity index is 3.85. The molecule has 0 aromatic rings. The fraction of sp³-hybridized carbons (Fsp3) is 0.571. The van der Waals surface area contributed by atoms with Crippen molar-refractivity contribution in [2.24, 2.45) is 0 Å². The minimum Gasteiger partial charge on any atom is -0.478 e. The second-order valence-corrected chi connectivity index (χ2v) is 5.05. The highest BCUT2D eigenvalue weighted by Gasteiger charge is 2.68. The fourth-order valence-corrected chi connectivity index (χ4v) is 2.70. The van der Waals surface area contributed by atoms with E-state index in [1.54, 1.807) is 0 Å². The minimum absolute atomic E-state index is 0.0928. The third kappa shape index (κ3) is 2.30. The summed E-state index contributed by atoms with van der Waals surface area (Å²) in [6.45, 7) is 2.88. The van der Waals surface area contributed by atoms with Gasteiger partial charge in [0.2, 0.25) is 0 Å². The van der Waals surface area contributed by atoms with Crippen molar-refractivity contribution in [1.29, 1.82) is 0 Å². The summed E-state index contributed by atoms with van der Waals surface area (Å²) < 4.78 is 57.8. The van der Waals surface area contributed by atoms with Crippen molar-refractivity contribution >= 4 is 11.9 Å². The van der Waals surface area contributed by atoms with Crippen molar-refractivity contribution in [2.75, 3.05) is 0 Å². The summed E-state index contributed by atoms with van der Waals surface area (Å²) in [6, 6.07) is 0. The molecule has 0 bridgehead atoms. The number of carboxylic acid groups (broad SMARTS) is 2. The highest BCUT2D eigenvalue weighted by atomic mass is 19.2. The molecule has 0 radical (unpaired) electrons. The molecule has 0 aromatic carbocycles. The number of hydrogen-bond acceptors (Lipinski definition) is 2. The summed E-state index contributed by atoms with van der Waals surface area (Å²) in [5.41, 5.74) is -9.94. The Bertz CT molecular complexity index is 569. The van der Waals surface area contributed by atoms with Crippen molar-refractivity contribution in [2.45, 2.75) is 50.9 Å². The molecular weight excluding hydrogens is 308 g/mol. The second kappa shape index (κ2) is 6.10. The van der Waals surface area contributed by atoms with Crippen LogP contribution in [-0.2, 0) is 9.59 Å². The minimum atomic E-state index is -4.28. The lowest BCUT2D eigenvalue weighted by molar-refractivity contribution is -0.160. The van der Waals surface area contributed by atoms with E-state index in [1.807, 2.05) is 0 Å². The van der Waals surface area contributed by atoms with Crippen molar-refractivity contribution in [3.63, 3.8) is 0 Å². The van der Waals surface area contributed by atoms with E-state index < -0.39 is 58.9 Å². The topological polar surface area (TPSA) is 74.6 Å². The Morgan fingerprint density at radius 1 is 1.09 bits per heavy atom. The van der Waals surface area contributed by atoms with Gasteiger partial charge in [0.05, 0.1) is 0 Å². The number of aliphatic carboxylic acids is 2. The first-order valence-electron chi connectivity index (χ1n) is 6.73. The van der Waals surface area contributed by atoms with Crippen molar-refractivity contribution in [1.82, 2.24) is 0 Å². The van der Waals surface area contributed by atoms with E-state index in [0.29, 0.717) is 0 Å². The standard InChI is InChI=1S/C14H16F4O4/c1-3-5-7-8(11(19)20)9(15)10(16)14(18,12(21)22)13(7,17)6-4-2/h3-6H2,1-2H3,(H,19,20)(H,21,22). The van der Waals surface area contributed by atoms with Crippen LogP contribution >= 0.6 is 0 Å². The number of hydrogen-bond donors (Lipinski definition) is 2. The molecule has 0 spiro atoms. The predicted octanol–water partition coefficient (Wildman–Crippen LogP) is 3.63. The molecule has 0 saturated heterocycles. The third-order valence-corrected chi connectivity index (χ3v) is 3.64. The quantitative estimate of drug-likeness (QED) is 0.732. The van der Waals surface area contributed by atoms with E-state index in [1.165, 1.54) is 13.8 Å². The van der Waals surface area contributed by atoms with Gasteiger partial charge in [-0.2, -0.15) is 0 Å². The van der Waals surface area contributed by atoms with Crippen LogP contribution < -0.4 is 0 Å². The van der Waals surface area contributed by atoms with E-state index in [4.69, 9.17) is 10.2 Å². The lowest BCUT2D eigenvalue weighted by Crippen LogP contribution is -2.57. The van der Waals surface area contributed by atoms with Gasteiger partial charge in [0, 0.05) is 0 Å². The van der Waals surface area contributed by atoms with Crippen LogP contribution in [0.2, 0.25) is 0 Å². The first-order chi connectivity index (χ1) is 10.1. The van der Waals surface area contributed by atoms with Crippen LogP contribution in [0.5, 0.6) is 0 Å². The zero-order chi connectivity index (χ0) is 17.3. The SMILES string of the molecule is CCCC1=C(C(=O)O)C(F)=C(F)C(F)(C(=O)O)C1(F)CCC. The molecule has 124 valence electrons. The van der Waals surface area contributed by atoms with E-state index in [2.05, 4.69) is 0 Å². The molecule has 0 saturated carbocycles. The normalized spacial score (nSPS) is 29.0. The molecule has 1 rings (SSSR count). The van der Waals surface area contributed by atoms with E-state index >= 15 is 4.39 Å². The molecule has 2 atom stereocenters. The molecule has 1 aliphatic carbocycles. The summed E-state index contributed by atoms with van der Waals surface area (Å²) in [6.07, 6.45) is -1.18. The van der Waals surface area contributed by atoms with Gasteiger partial charge >= 0.3 is 11.9 Å². The summed E-state index contributed by atoms with van der Waals surface area (Å²) in [4.78, 5) is 22.3. The first-order valence-corrected chi connectivity index (χ1v) is 6.73. The van der Waals surface area contributed by atoms with Gasteiger partial charge < -0.3 is 10.2 Å².